The van der Waals surface area contributed by atoms with Crippen LogP contribution in [0.2, 0.25) is 5.02 Å². The number of aliphatic carboxylic acids is 1. The number of fused-ring (bicyclic) bond motifs is 2. The van der Waals surface area contributed by atoms with Crippen LogP contribution in [-0.4, -0.2) is 29.2 Å². The van der Waals surface area contributed by atoms with Gasteiger partial charge in [0.05, 0.1) is 28.8 Å². The van der Waals surface area contributed by atoms with Crippen LogP contribution in [-0.2, 0) is 14.3 Å². The van der Waals surface area contributed by atoms with Crippen LogP contribution in [0.1, 0.15) is 0 Å². The zero-order chi connectivity index (χ0) is 14.3. The highest BCUT2D eigenvalue weighted by Gasteiger charge is 2.53. The lowest BCUT2D eigenvalue weighted by Crippen LogP contribution is -2.39. The fraction of sp³-hybridized carbons (Fsp3) is 0.286. The van der Waals surface area contributed by atoms with E-state index < -0.39 is 30.0 Å². The Bertz CT molecular complexity index is 601. The normalized spacial score (nSPS) is 30.4. The smallest absolute Gasteiger partial charge is 0.310 e. The standard InChI is InChI=1S/C14H12ClNO4/c15-7-3-1-2-4-8(7)16-13(17)11-9-5-6-10(20-9)12(11)14(18)19/h1-6,9-12H,(H,16,17)(H,18,19)/t9-,10+,11-,12+/m1/s1. The van der Waals surface area contributed by atoms with E-state index in [2.05, 4.69) is 5.32 Å². The summed E-state index contributed by atoms with van der Waals surface area (Å²) in [5.41, 5.74) is 0.468. The highest BCUT2D eigenvalue weighted by Crippen LogP contribution is 2.40. The van der Waals surface area contributed by atoms with Crippen LogP contribution < -0.4 is 5.32 Å². The van der Waals surface area contributed by atoms with Gasteiger partial charge in [-0.3, -0.25) is 9.59 Å². The lowest BCUT2D eigenvalue weighted by molar-refractivity contribution is -0.145. The number of anilines is 1. The van der Waals surface area contributed by atoms with E-state index in [1.54, 1.807) is 36.4 Å². The highest BCUT2D eigenvalue weighted by molar-refractivity contribution is 6.33. The summed E-state index contributed by atoms with van der Waals surface area (Å²) in [6.45, 7) is 0. The summed E-state index contributed by atoms with van der Waals surface area (Å²) in [6.07, 6.45) is 2.42. The van der Waals surface area contributed by atoms with Crippen LogP contribution in [0.15, 0.2) is 36.4 Å². The maximum Gasteiger partial charge on any atom is 0.310 e. The Hall–Kier alpha value is -1.85. The summed E-state index contributed by atoms with van der Waals surface area (Å²) in [4.78, 5) is 23.6. The molecule has 2 aliphatic rings. The summed E-state index contributed by atoms with van der Waals surface area (Å²) in [6, 6.07) is 6.82. The first-order valence-electron chi connectivity index (χ1n) is 6.20. The SMILES string of the molecule is O=C(O)[C@@H]1[C@H](C(=O)Nc2ccccc2Cl)[C@H]2C=C[C@@H]1O2. The number of carboxylic acids is 1. The molecule has 4 atom stereocenters. The molecule has 104 valence electrons. The van der Waals surface area contributed by atoms with Gasteiger partial charge in [-0.15, -0.1) is 0 Å². The summed E-state index contributed by atoms with van der Waals surface area (Å²) in [7, 11) is 0. The van der Waals surface area contributed by atoms with Crippen molar-refractivity contribution < 1.29 is 19.4 Å². The van der Waals surface area contributed by atoms with Crippen LogP contribution in [0.3, 0.4) is 0 Å². The topological polar surface area (TPSA) is 75.6 Å². The predicted octanol–water partition coefficient (Wildman–Crippen LogP) is 1.93. The second kappa shape index (κ2) is 4.92. The Morgan fingerprint density at radius 1 is 1.15 bits per heavy atom. The monoisotopic (exact) mass is 293 g/mol. The minimum absolute atomic E-state index is 0.387. The van der Waals surface area contributed by atoms with Crippen molar-refractivity contribution in [2.75, 3.05) is 5.32 Å². The minimum Gasteiger partial charge on any atom is -0.481 e. The largest absolute Gasteiger partial charge is 0.481 e. The van der Waals surface area contributed by atoms with E-state index in [1.807, 2.05) is 0 Å². The van der Waals surface area contributed by atoms with Crippen LogP contribution in [0.4, 0.5) is 5.69 Å². The van der Waals surface area contributed by atoms with Gasteiger partial charge in [-0.1, -0.05) is 35.9 Å². The molecule has 0 aromatic heterocycles. The molecule has 5 nitrogen and oxygen atoms in total. The zero-order valence-electron chi connectivity index (χ0n) is 10.3. The molecule has 2 N–H and O–H groups in total. The third-order valence-electron chi connectivity index (χ3n) is 3.62. The van der Waals surface area contributed by atoms with Crippen LogP contribution >= 0.6 is 11.6 Å². The minimum atomic E-state index is -1.03. The number of amides is 1. The molecular formula is C14H12ClNO4. The van der Waals surface area contributed by atoms with Crippen molar-refractivity contribution in [1.82, 2.24) is 0 Å². The summed E-state index contributed by atoms with van der Waals surface area (Å²) in [5, 5.41) is 12.3. The highest BCUT2D eigenvalue weighted by atomic mass is 35.5. The molecule has 0 saturated carbocycles. The van der Waals surface area contributed by atoms with E-state index in [1.165, 1.54) is 0 Å². The third kappa shape index (κ3) is 2.09. The molecule has 1 aromatic carbocycles. The molecule has 0 spiro atoms. The Morgan fingerprint density at radius 3 is 2.45 bits per heavy atom. The number of carbonyl (C=O) groups is 2. The quantitative estimate of drug-likeness (QED) is 0.835. The Kier molecular flexibility index (Phi) is 3.23. The molecule has 1 saturated heterocycles. The summed E-state index contributed by atoms with van der Waals surface area (Å²) >= 11 is 5.98. The van der Waals surface area contributed by atoms with Crippen LogP contribution in [0.5, 0.6) is 0 Å². The molecule has 3 rings (SSSR count). The van der Waals surface area contributed by atoms with Crippen molar-refractivity contribution in [3.63, 3.8) is 0 Å². The lowest BCUT2D eigenvalue weighted by atomic mass is 9.82. The Morgan fingerprint density at radius 2 is 1.80 bits per heavy atom. The van der Waals surface area contributed by atoms with E-state index >= 15 is 0 Å². The second-order valence-electron chi connectivity index (χ2n) is 4.81. The average Bonchev–Trinajstić information content (AvgIpc) is 3.01. The van der Waals surface area contributed by atoms with E-state index in [-0.39, 0.29) is 5.91 Å². The first-order valence-corrected chi connectivity index (χ1v) is 6.57. The van der Waals surface area contributed by atoms with Crippen molar-refractivity contribution >= 4 is 29.2 Å². The number of carboxylic acid groups (broad SMARTS) is 1. The van der Waals surface area contributed by atoms with Crippen LogP contribution in [0.25, 0.3) is 0 Å². The molecule has 1 aromatic rings. The molecule has 2 heterocycles. The maximum atomic E-state index is 12.3. The molecule has 1 fully saturated rings. The number of hydrogen-bond acceptors (Lipinski definition) is 3. The molecule has 20 heavy (non-hydrogen) atoms. The van der Waals surface area contributed by atoms with Gasteiger partial charge in [-0.2, -0.15) is 0 Å². The van der Waals surface area contributed by atoms with Gasteiger partial charge in [0.1, 0.15) is 5.92 Å². The van der Waals surface area contributed by atoms with E-state index in [9.17, 15) is 14.7 Å². The van der Waals surface area contributed by atoms with Gasteiger partial charge < -0.3 is 15.2 Å². The van der Waals surface area contributed by atoms with Gasteiger partial charge in [0, 0.05) is 0 Å². The number of para-hydroxylation sites is 1. The van der Waals surface area contributed by atoms with Gasteiger partial charge in [-0.25, -0.2) is 0 Å². The van der Waals surface area contributed by atoms with Crippen LogP contribution in [0, 0.1) is 11.8 Å². The van der Waals surface area contributed by atoms with E-state index in [0.29, 0.717) is 10.7 Å². The molecule has 0 unspecified atom stereocenters. The first kappa shape index (κ1) is 13.1. The van der Waals surface area contributed by atoms with Gasteiger partial charge in [0.15, 0.2) is 0 Å². The number of ether oxygens (including phenoxy) is 1. The number of hydrogen-bond donors (Lipinski definition) is 2. The second-order valence-corrected chi connectivity index (χ2v) is 5.22. The molecular weight excluding hydrogens is 282 g/mol. The maximum absolute atomic E-state index is 12.3. The van der Waals surface area contributed by atoms with Crippen molar-refractivity contribution in [3.8, 4) is 0 Å². The fourth-order valence-electron chi connectivity index (χ4n) is 2.69. The number of carbonyl (C=O) groups excluding carboxylic acids is 1. The number of rotatable bonds is 3. The number of nitrogens with one attached hydrogen (secondary N) is 1. The fourth-order valence-corrected chi connectivity index (χ4v) is 2.88. The average molecular weight is 294 g/mol. The van der Waals surface area contributed by atoms with Gasteiger partial charge in [0.25, 0.3) is 0 Å². The number of benzene rings is 1. The van der Waals surface area contributed by atoms with Crippen molar-refractivity contribution in [1.29, 1.82) is 0 Å². The molecule has 1 amide bonds. The Labute approximate surface area is 120 Å². The molecule has 2 bridgehead atoms. The van der Waals surface area contributed by atoms with Crippen molar-refractivity contribution in [2.45, 2.75) is 12.2 Å². The molecule has 2 aliphatic heterocycles. The lowest BCUT2D eigenvalue weighted by Gasteiger charge is -2.21. The van der Waals surface area contributed by atoms with E-state index in [0.717, 1.165) is 0 Å². The first-order chi connectivity index (χ1) is 9.58. The Balaban J connectivity index is 1.82. The van der Waals surface area contributed by atoms with E-state index in [4.69, 9.17) is 16.3 Å². The predicted molar refractivity (Wildman–Crippen MR) is 72.5 cm³/mol. The van der Waals surface area contributed by atoms with Gasteiger partial charge >= 0.3 is 5.97 Å². The molecule has 6 heteroatoms. The third-order valence-corrected chi connectivity index (χ3v) is 3.95. The van der Waals surface area contributed by atoms with Gasteiger partial charge in [-0.05, 0) is 12.1 Å². The van der Waals surface area contributed by atoms with Gasteiger partial charge in [0.2, 0.25) is 5.91 Å². The number of halogens is 1. The summed E-state index contributed by atoms with van der Waals surface area (Å²) < 4.78 is 5.46. The molecule has 0 aliphatic carbocycles. The summed E-state index contributed by atoms with van der Waals surface area (Å²) in [5.74, 6) is -3.00. The van der Waals surface area contributed by atoms with Crippen molar-refractivity contribution in [3.05, 3.63) is 41.4 Å². The van der Waals surface area contributed by atoms with Crippen molar-refractivity contribution in [2.24, 2.45) is 11.8 Å². The molecule has 0 radical (unpaired) electrons. The zero-order valence-corrected chi connectivity index (χ0v) is 11.1.